The molecule has 0 spiro atoms. The number of hydrogen-bond donors (Lipinski definition) is 2. The third-order valence-electron chi connectivity index (χ3n) is 3.00. The van der Waals surface area contributed by atoms with Crippen molar-refractivity contribution in [2.45, 2.75) is 32.0 Å². The summed E-state index contributed by atoms with van der Waals surface area (Å²) in [6, 6.07) is 3.11. The van der Waals surface area contributed by atoms with E-state index in [-0.39, 0.29) is 12.5 Å². The zero-order valence-electron chi connectivity index (χ0n) is 10.3. The van der Waals surface area contributed by atoms with Crippen LogP contribution in [-0.4, -0.2) is 23.7 Å². The third-order valence-corrected chi connectivity index (χ3v) is 3.50. The molecule has 6 heteroatoms. The van der Waals surface area contributed by atoms with Crippen LogP contribution in [0.1, 0.15) is 24.8 Å². The number of carbonyl (C=O) groups is 1. The summed E-state index contributed by atoms with van der Waals surface area (Å²) in [5.41, 5.74) is 0.481. The number of ether oxygens (including phenoxy) is 1. The summed E-state index contributed by atoms with van der Waals surface area (Å²) in [4.78, 5) is 11.8. The fourth-order valence-electron chi connectivity index (χ4n) is 2.03. The molecule has 1 aliphatic rings. The second-order valence-electron chi connectivity index (χ2n) is 4.43. The summed E-state index contributed by atoms with van der Waals surface area (Å²) >= 11 is 11.9. The van der Waals surface area contributed by atoms with Crippen LogP contribution >= 0.6 is 23.2 Å². The Morgan fingerprint density at radius 1 is 1.37 bits per heavy atom. The highest BCUT2D eigenvalue weighted by atomic mass is 35.5. The molecule has 0 aliphatic carbocycles. The summed E-state index contributed by atoms with van der Waals surface area (Å²) in [6.45, 7) is 0.420. The monoisotopic (exact) mass is 303 g/mol. The molecule has 4 nitrogen and oxygen atoms in total. The predicted molar refractivity (Wildman–Crippen MR) is 73.7 cm³/mol. The van der Waals surface area contributed by atoms with Crippen LogP contribution in [-0.2, 0) is 11.4 Å². The summed E-state index contributed by atoms with van der Waals surface area (Å²) in [5, 5.41) is 12.8. The number of benzene rings is 1. The molecular formula is C13H15Cl2NO3. The quantitative estimate of drug-likeness (QED) is 0.902. The van der Waals surface area contributed by atoms with E-state index in [1.54, 1.807) is 6.07 Å². The van der Waals surface area contributed by atoms with Crippen molar-refractivity contribution in [3.8, 4) is 5.75 Å². The van der Waals surface area contributed by atoms with E-state index >= 15 is 0 Å². The lowest BCUT2D eigenvalue weighted by molar-refractivity contribution is -0.127. The Balaban J connectivity index is 2.24. The average molecular weight is 304 g/mol. The Labute approximate surface area is 121 Å². The Morgan fingerprint density at radius 2 is 2.16 bits per heavy atom. The van der Waals surface area contributed by atoms with Gasteiger partial charge >= 0.3 is 0 Å². The first-order valence-corrected chi connectivity index (χ1v) is 6.90. The van der Waals surface area contributed by atoms with E-state index in [2.05, 4.69) is 5.32 Å². The van der Waals surface area contributed by atoms with Gasteiger partial charge in [0.1, 0.15) is 5.75 Å². The number of aliphatic hydroxyl groups is 1. The van der Waals surface area contributed by atoms with Crippen molar-refractivity contribution in [1.29, 1.82) is 0 Å². The maximum atomic E-state index is 11.8. The molecule has 0 saturated carbocycles. The van der Waals surface area contributed by atoms with Gasteiger partial charge in [0.2, 0.25) is 0 Å². The first-order valence-electron chi connectivity index (χ1n) is 6.15. The van der Waals surface area contributed by atoms with Crippen molar-refractivity contribution < 1.29 is 14.6 Å². The van der Waals surface area contributed by atoms with Gasteiger partial charge in [-0.15, -0.1) is 0 Å². The topological polar surface area (TPSA) is 58.6 Å². The van der Waals surface area contributed by atoms with E-state index in [1.807, 2.05) is 0 Å². The highest BCUT2D eigenvalue weighted by molar-refractivity contribution is 6.35. The maximum Gasteiger partial charge on any atom is 0.261 e. The van der Waals surface area contributed by atoms with Crippen LogP contribution in [0.25, 0.3) is 0 Å². The minimum absolute atomic E-state index is 0.146. The zero-order chi connectivity index (χ0) is 13.8. The van der Waals surface area contributed by atoms with Crippen LogP contribution in [0.2, 0.25) is 10.0 Å². The molecule has 1 aromatic carbocycles. The summed E-state index contributed by atoms with van der Waals surface area (Å²) in [7, 11) is 0. The van der Waals surface area contributed by atoms with Gasteiger partial charge in [-0.05, 0) is 31.4 Å². The average Bonchev–Trinajstić information content (AvgIpc) is 2.57. The lowest BCUT2D eigenvalue weighted by atomic mass is 10.1. The van der Waals surface area contributed by atoms with Crippen molar-refractivity contribution in [2.24, 2.45) is 0 Å². The minimum Gasteiger partial charge on any atom is -0.479 e. The standard InChI is InChI=1S/C13H15Cl2NO3/c14-9-5-8(7-17)12(10(15)6-9)19-11-3-1-2-4-16-13(11)18/h5-6,11,17H,1-4,7H2,(H,16,18). The molecule has 1 heterocycles. The molecule has 1 aliphatic heterocycles. The third kappa shape index (κ3) is 3.53. The van der Waals surface area contributed by atoms with Gasteiger partial charge in [0.25, 0.3) is 5.91 Å². The first-order chi connectivity index (χ1) is 9.11. The van der Waals surface area contributed by atoms with E-state index in [0.717, 1.165) is 12.8 Å². The predicted octanol–water partition coefficient (Wildman–Crippen LogP) is 2.53. The van der Waals surface area contributed by atoms with E-state index < -0.39 is 6.10 Å². The van der Waals surface area contributed by atoms with E-state index in [9.17, 15) is 9.90 Å². The fraction of sp³-hybridized carbons (Fsp3) is 0.462. The highest BCUT2D eigenvalue weighted by Crippen LogP contribution is 2.33. The lowest BCUT2D eigenvalue weighted by Gasteiger charge is -2.19. The van der Waals surface area contributed by atoms with Crippen molar-refractivity contribution in [2.75, 3.05) is 6.54 Å². The molecule has 1 atom stereocenters. The van der Waals surface area contributed by atoms with Gasteiger partial charge in [-0.25, -0.2) is 0 Å². The summed E-state index contributed by atoms with van der Waals surface area (Å²) < 4.78 is 5.69. The van der Waals surface area contributed by atoms with Crippen LogP contribution in [0.15, 0.2) is 12.1 Å². The molecule has 104 valence electrons. The fourth-order valence-corrected chi connectivity index (χ4v) is 2.61. The number of nitrogens with one attached hydrogen (secondary N) is 1. The van der Waals surface area contributed by atoms with Gasteiger partial charge < -0.3 is 15.2 Å². The second-order valence-corrected chi connectivity index (χ2v) is 5.27. The van der Waals surface area contributed by atoms with Crippen molar-refractivity contribution in [3.63, 3.8) is 0 Å². The molecule has 0 radical (unpaired) electrons. The minimum atomic E-state index is -0.577. The highest BCUT2D eigenvalue weighted by Gasteiger charge is 2.24. The first kappa shape index (κ1) is 14.4. The summed E-state index contributed by atoms with van der Waals surface area (Å²) in [5.74, 6) is 0.183. The molecule has 0 bridgehead atoms. The van der Waals surface area contributed by atoms with Crippen LogP contribution in [0, 0.1) is 0 Å². The van der Waals surface area contributed by atoms with E-state index in [0.29, 0.717) is 34.3 Å². The largest absolute Gasteiger partial charge is 0.479 e. The van der Waals surface area contributed by atoms with Crippen molar-refractivity contribution >= 4 is 29.1 Å². The molecule has 2 N–H and O–H groups in total. The van der Waals surface area contributed by atoms with Crippen LogP contribution in [0.5, 0.6) is 5.75 Å². The van der Waals surface area contributed by atoms with Gasteiger partial charge in [0, 0.05) is 17.1 Å². The van der Waals surface area contributed by atoms with Gasteiger partial charge in [0.15, 0.2) is 6.10 Å². The molecule has 0 aromatic heterocycles. The molecule has 1 unspecified atom stereocenters. The molecule has 2 rings (SSSR count). The molecular weight excluding hydrogens is 289 g/mol. The molecule has 1 amide bonds. The lowest BCUT2D eigenvalue weighted by Crippen LogP contribution is -2.36. The number of amides is 1. The molecule has 1 aromatic rings. The molecule has 19 heavy (non-hydrogen) atoms. The van der Waals surface area contributed by atoms with E-state index in [1.165, 1.54) is 6.07 Å². The van der Waals surface area contributed by atoms with Crippen molar-refractivity contribution in [1.82, 2.24) is 5.32 Å². The maximum absolute atomic E-state index is 11.8. The van der Waals surface area contributed by atoms with Crippen LogP contribution < -0.4 is 10.1 Å². The molecule has 1 fully saturated rings. The Kier molecular flexibility index (Phi) is 4.91. The second kappa shape index (κ2) is 6.46. The van der Waals surface area contributed by atoms with Crippen LogP contribution in [0.4, 0.5) is 0 Å². The SMILES string of the molecule is O=C1NCCCCC1Oc1c(Cl)cc(Cl)cc1CO. The van der Waals surface area contributed by atoms with Gasteiger partial charge in [0.05, 0.1) is 11.6 Å². The van der Waals surface area contributed by atoms with Gasteiger partial charge in [-0.2, -0.15) is 0 Å². The summed E-state index contributed by atoms with van der Waals surface area (Å²) in [6.07, 6.45) is 1.90. The zero-order valence-corrected chi connectivity index (χ0v) is 11.8. The van der Waals surface area contributed by atoms with Crippen molar-refractivity contribution in [3.05, 3.63) is 27.7 Å². The number of carbonyl (C=O) groups excluding carboxylic acids is 1. The van der Waals surface area contributed by atoms with Gasteiger partial charge in [-0.3, -0.25) is 4.79 Å². The van der Waals surface area contributed by atoms with Gasteiger partial charge in [-0.1, -0.05) is 23.2 Å². The number of halogens is 2. The number of rotatable bonds is 3. The Hall–Kier alpha value is -0.970. The number of hydrogen-bond acceptors (Lipinski definition) is 3. The number of aliphatic hydroxyl groups excluding tert-OH is 1. The molecule has 1 saturated heterocycles. The smallest absolute Gasteiger partial charge is 0.261 e. The Bertz CT molecular complexity index is 479. The van der Waals surface area contributed by atoms with Crippen LogP contribution in [0.3, 0.4) is 0 Å². The van der Waals surface area contributed by atoms with E-state index in [4.69, 9.17) is 27.9 Å². The normalized spacial score (nSPS) is 19.7. The Morgan fingerprint density at radius 3 is 2.89 bits per heavy atom.